The van der Waals surface area contributed by atoms with Gasteiger partial charge in [-0.15, -0.1) is 0 Å². The fourth-order valence-electron chi connectivity index (χ4n) is 3.98. The highest BCUT2D eigenvalue weighted by atomic mass is 19.4. The van der Waals surface area contributed by atoms with Crippen LogP contribution < -0.4 is 15.4 Å². The second kappa shape index (κ2) is 9.27. The van der Waals surface area contributed by atoms with Gasteiger partial charge in [0.2, 0.25) is 0 Å². The summed E-state index contributed by atoms with van der Waals surface area (Å²) in [6.45, 7) is 0.677. The number of benzene rings is 2. The molecule has 0 spiro atoms. The molecule has 0 aromatic heterocycles. The van der Waals surface area contributed by atoms with E-state index < -0.39 is 23.6 Å². The molecule has 0 radical (unpaired) electrons. The zero-order valence-electron chi connectivity index (χ0n) is 17.2. The normalized spacial score (nSPS) is 20.2. The predicted octanol–water partition coefficient (Wildman–Crippen LogP) is 5.57. The Labute approximate surface area is 181 Å². The van der Waals surface area contributed by atoms with Crippen LogP contribution in [0.4, 0.5) is 30.7 Å². The van der Waals surface area contributed by atoms with Crippen LogP contribution in [0.2, 0.25) is 0 Å². The van der Waals surface area contributed by atoms with Gasteiger partial charge in [-0.3, -0.25) is 0 Å². The highest BCUT2D eigenvalue weighted by molar-refractivity contribution is 5.41. The summed E-state index contributed by atoms with van der Waals surface area (Å²) in [7, 11) is 1.24. The maximum atomic E-state index is 14.5. The largest absolute Gasteiger partial charge is 0.496 e. The first-order valence-electron chi connectivity index (χ1n) is 10.0. The number of hydrogen-bond acceptors (Lipinski definition) is 3. The monoisotopic (exact) mass is 464 g/mol. The van der Waals surface area contributed by atoms with Crippen LogP contribution in [0.3, 0.4) is 0 Å². The van der Waals surface area contributed by atoms with Crippen LogP contribution in [0.5, 0.6) is 5.75 Å². The molecule has 1 saturated heterocycles. The van der Waals surface area contributed by atoms with Crippen molar-refractivity contribution in [2.45, 2.75) is 49.5 Å². The zero-order chi connectivity index (χ0) is 23.6. The number of alkyl halides is 7. The summed E-state index contributed by atoms with van der Waals surface area (Å²) in [6.07, 6.45) is -10.8. The van der Waals surface area contributed by atoms with Crippen LogP contribution in [0.25, 0.3) is 0 Å². The van der Waals surface area contributed by atoms with Gasteiger partial charge in [0, 0.05) is 29.8 Å². The van der Waals surface area contributed by atoms with Crippen molar-refractivity contribution in [3.63, 3.8) is 0 Å². The topological polar surface area (TPSA) is 33.3 Å². The molecule has 2 aromatic rings. The Balaban J connectivity index is 1.89. The Kier molecular flexibility index (Phi) is 7.04. The quantitative estimate of drug-likeness (QED) is 0.549. The van der Waals surface area contributed by atoms with Crippen LogP contribution in [0.1, 0.15) is 35.6 Å². The molecule has 1 aliphatic rings. The molecule has 0 amide bonds. The van der Waals surface area contributed by atoms with Crippen molar-refractivity contribution in [1.82, 2.24) is 10.6 Å². The SMILES string of the molecule is COc1ccc(C(F)(C(F)(F)F)C(F)(F)F)cc1CN[C@H]1CCCN[C@H]1c1ccccc1. The van der Waals surface area contributed by atoms with E-state index in [-0.39, 0.29) is 29.9 Å². The van der Waals surface area contributed by atoms with E-state index in [1.807, 2.05) is 30.3 Å². The van der Waals surface area contributed by atoms with Crippen molar-refractivity contribution >= 4 is 0 Å². The lowest BCUT2D eigenvalue weighted by atomic mass is 9.91. The van der Waals surface area contributed by atoms with Gasteiger partial charge in [-0.05, 0) is 37.1 Å². The van der Waals surface area contributed by atoms with E-state index in [9.17, 15) is 30.7 Å². The summed E-state index contributed by atoms with van der Waals surface area (Å²) in [5.74, 6) is 0.0629. The molecule has 3 rings (SSSR count). The minimum Gasteiger partial charge on any atom is -0.496 e. The van der Waals surface area contributed by atoms with Gasteiger partial charge in [0.05, 0.1) is 7.11 Å². The molecule has 176 valence electrons. The maximum Gasteiger partial charge on any atom is 0.435 e. The van der Waals surface area contributed by atoms with Crippen molar-refractivity contribution in [3.8, 4) is 5.75 Å². The van der Waals surface area contributed by atoms with Gasteiger partial charge in [-0.2, -0.15) is 26.3 Å². The van der Waals surface area contributed by atoms with Crippen molar-refractivity contribution in [3.05, 3.63) is 65.2 Å². The highest BCUT2D eigenvalue weighted by Crippen LogP contribution is 2.53. The van der Waals surface area contributed by atoms with Gasteiger partial charge < -0.3 is 15.4 Å². The molecule has 1 fully saturated rings. The van der Waals surface area contributed by atoms with Crippen LogP contribution in [-0.2, 0) is 12.2 Å². The summed E-state index contributed by atoms with van der Waals surface area (Å²) < 4.78 is 98.6. The third kappa shape index (κ3) is 4.71. The van der Waals surface area contributed by atoms with E-state index in [1.165, 1.54) is 7.11 Å². The molecule has 0 aliphatic carbocycles. The summed E-state index contributed by atoms with van der Waals surface area (Å²) in [5, 5.41) is 6.56. The summed E-state index contributed by atoms with van der Waals surface area (Å²) in [4.78, 5) is 0. The minimum atomic E-state index is -6.17. The first-order valence-corrected chi connectivity index (χ1v) is 10.0. The second-order valence-corrected chi connectivity index (χ2v) is 7.65. The highest BCUT2D eigenvalue weighted by Gasteiger charge is 2.73. The summed E-state index contributed by atoms with van der Waals surface area (Å²) in [6, 6.07) is 11.2. The molecule has 1 heterocycles. The first kappa shape index (κ1) is 24.3. The van der Waals surface area contributed by atoms with Gasteiger partial charge >= 0.3 is 18.0 Å². The van der Waals surface area contributed by atoms with Gasteiger partial charge in [0.25, 0.3) is 0 Å². The second-order valence-electron chi connectivity index (χ2n) is 7.65. The van der Waals surface area contributed by atoms with E-state index in [2.05, 4.69) is 10.6 Å². The molecule has 1 aliphatic heterocycles. The van der Waals surface area contributed by atoms with Crippen LogP contribution in [0, 0.1) is 0 Å². The van der Waals surface area contributed by atoms with E-state index in [0.717, 1.165) is 31.0 Å². The van der Waals surface area contributed by atoms with Crippen LogP contribution >= 0.6 is 0 Å². The molecule has 0 unspecified atom stereocenters. The molecule has 0 bridgehead atoms. The fraction of sp³-hybridized carbons (Fsp3) is 0.455. The van der Waals surface area contributed by atoms with Crippen LogP contribution in [-0.4, -0.2) is 32.0 Å². The number of rotatable bonds is 6. The molecule has 32 heavy (non-hydrogen) atoms. The molecule has 2 N–H and O–H groups in total. The average Bonchev–Trinajstić information content (AvgIpc) is 2.76. The number of methoxy groups -OCH3 is 1. The minimum absolute atomic E-state index is 0.00194. The van der Waals surface area contributed by atoms with Gasteiger partial charge in [-0.25, -0.2) is 4.39 Å². The van der Waals surface area contributed by atoms with Crippen molar-refractivity contribution in [1.29, 1.82) is 0 Å². The van der Waals surface area contributed by atoms with Crippen LogP contribution in [0.15, 0.2) is 48.5 Å². The first-order chi connectivity index (χ1) is 15.0. The number of piperidine rings is 1. The van der Waals surface area contributed by atoms with Crippen molar-refractivity contribution in [2.75, 3.05) is 13.7 Å². The van der Waals surface area contributed by atoms with Gasteiger partial charge in [-0.1, -0.05) is 36.4 Å². The molecule has 2 atom stereocenters. The lowest BCUT2D eigenvalue weighted by Crippen LogP contribution is -2.50. The number of ether oxygens (including phenoxy) is 1. The Morgan fingerprint density at radius 2 is 1.62 bits per heavy atom. The van der Waals surface area contributed by atoms with E-state index in [4.69, 9.17) is 4.74 Å². The Morgan fingerprint density at radius 3 is 2.22 bits per heavy atom. The van der Waals surface area contributed by atoms with Gasteiger partial charge in [0.15, 0.2) is 0 Å². The summed E-state index contributed by atoms with van der Waals surface area (Å²) in [5.41, 5.74) is -6.02. The van der Waals surface area contributed by atoms with E-state index >= 15 is 0 Å². The summed E-state index contributed by atoms with van der Waals surface area (Å²) >= 11 is 0. The fourth-order valence-corrected chi connectivity index (χ4v) is 3.98. The smallest absolute Gasteiger partial charge is 0.435 e. The van der Waals surface area contributed by atoms with Crippen molar-refractivity contribution < 1.29 is 35.5 Å². The lowest BCUT2D eigenvalue weighted by molar-refractivity contribution is -0.348. The Morgan fingerprint density at radius 1 is 0.969 bits per heavy atom. The van der Waals surface area contributed by atoms with E-state index in [0.29, 0.717) is 12.1 Å². The molecule has 2 aromatic carbocycles. The zero-order valence-corrected chi connectivity index (χ0v) is 17.2. The Hall–Kier alpha value is -2.33. The molecular weight excluding hydrogens is 441 g/mol. The maximum absolute atomic E-state index is 14.5. The lowest BCUT2D eigenvalue weighted by Gasteiger charge is -2.34. The Bertz CT molecular complexity index is 885. The van der Waals surface area contributed by atoms with E-state index in [1.54, 1.807) is 0 Å². The molecular formula is C22H23F7N2O. The molecule has 10 heteroatoms. The molecule has 0 saturated carbocycles. The number of halogens is 7. The third-order valence-corrected chi connectivity index (χ3v) is 5.63. The van der Waals surface area contributed by atoms with Crippen molar-refractivity contribution in [2.24, 2.45) is 0 Å². The average molecular weight is 464 g/mol. The number of hydrogen-bond donors (Lipinski definition) is 2. The number of nitrogens with one attached hydrogen (secondary N) is 2. The third-order valence-electron chi connectivity index (χ3n) is 5.63. The molecule has 3 nitrogen and oxygen atoms in total. The standard InChI is InChI=1S/C22H23F7N2O/c1-32-18-10-9-16(20(23,21(24,25)26)22(27,28)29)12-15(18)13-31-17-8-5-11-30-19(17)14-6-3-2-4-7-14/h2-4,6-7,9-10,12,17,19,30-31H,5,8,11,13H2,1H3/t17-,19-/m0/s1. The van der Waals surface area contributed by atoms with Gasteiger partial charge in [0.1, 0.15) is 5.75 Å². The predicted molar refractivity (Wildman–Crippen MR) is 105 cm³/mol.